The molecule has 0 atom stereocenters. The fourth-order valence-electron chi connectivity index (χ4n) is 6.17. The second-order valence-electron chi connectivity index (χ2n) is 16.1. The van der Waals surface area contributed by atoms with Crippen LogP contribution < -0.4 is 0 Å². The fourth-order valence-corrected chi connectivity index (χ4v) is 6.17. The Morgan fingerprint density at radius 3 is 0.945 bits per heavy atom. The van der Waals surface area contributed by atoms with Gasteiger partial charge in [0.1, 0.15) is 12.4 Å². The maximum absolute atomic E-state index is 12.1. The molecule has 0 amide bonds. The third-order valence-electron chi connectivity index (χ3n) is 10.1. The monoisotopic (exact) mass is 751 g/mol. The van der Waals surface area contributed by atoms with Gasteiger partial charge >= 0.3 is 5.97 Å². The van der Waals surface area contributed by atoms with Crippen LogP contribution in [-0.4, -0.2) is 17.7 Å². The molecule has 1 N–H and O–H groups in total. The first kappa shape index (κ1) is 49.2. The molecule has 0 unspecified atom stereocenters. The van der Waals surface area contributed by atoms with Gasteiger partial charge < -0.3 is 9.84 Å². The van der Waals surface area contributed by atoms with Crippen LogP contribution in [0.4, 0.5) is 0 Å². The van der Waals surface area contributed by atoms with Crippen molar-refractivity contribution in [2.45, 2.75) is 172 Å². The van der Waals surface area contributed by atoms with E-state index in [2.05, 4.69) is 118 Å². The molecule has 304 valence electrons. The van der Waals surface area contributed by atoms with E-state index < -0.39 is 0 Å². The second-order valence-corrected chi connectivity index (χ2v) is 16.1. The standard InChI is InChI=1S/C52H78O3/c1-41(2)19-11-20-42(3)21-12-22-43(4)23-13-24-44(5)25-14-26-45(6)27-15-28-46(7)29-16-30-47(8)31-17-32-48(9)33-18-34-49(10)39-40-55-52(54)50-35-37-51(53)38-36-50/h19,21,23,25,27,29,31,33,35-39,53H,11-18,20,22,24,26,28,30,32,34,40H2,1-10H3. The van der Waals surface area contributed by atoms with Crippen molar-refractivity contribution in [2.24, 2.45) is 0 Å². The SMILES string of the molecule is CC(C)=CCCC(C)=CCCC(C)=CCCC(C)=CCCC(C)=CCCC(C)=CCCC(C)=CCCC(C)=CCCC(C)=CCOC(=O)c1ccc(O)cc1. The van der Waals surface area contributed by atoms with Crippen LogP contribution in [0.15, 0.2) is 129 Å². The number of phenolic OH excluding ortho intramolecular Hbond substituents is 1. The molecule has 3 nitrogen and oxygen atoms in total. The summed E-state index contributed by atoms with van der Waals surface area (Å²) in [6.45, 7) is 22.6. The van der Waals surface area contributed by atoms with E-state index in [4.69, 9.17) is 4.74 Å². The highest BCUT2D eigenvalue weighted by molar-refractivity contribution is 5.89. The van der Waals surface area contributed by atoms with Crippen LogP contribution in [0.25, 0.3) is 0 Å². The van der Waals surface area contributed by atoms with Gasteiger partial charge in [-0.1, -0.05) is 98.8 Å². The average Bonchev–Trinajstić information content (AvgIpc) is 3.11. The summed E-state index contributed by atoms with van der Waals surface area (Å²) in [6.07, 6.45) is 39.2. The van der Waals surface area contributed by atoms with Crippen molar-refractivity contribution in [1.29, 1.82) is 0 Å². The van der Waals surface area contributed by atoms with Crippen LogP contribution >= 0.6 is 0 Å². The molecule has 0 aromatic heterocycles. The number of carbonyl (C=O) groups is 1. The molecule has 55 heavy (non-hydrogen) atoms. The van der Waals surface area contributed by atoms with Crippen molar-refractivity contribution in [3.05, 3.63) is 135 Å². The predicted octanol–water partition coefficient (Wildman–Crippen LogP) is 16.3. The van der Waals surface area contributed by atoms with Crippen LogP contribution in [-0.2, 0) is 4.74 Å². The van der Waals surface area contributed by atoms with Gasteiger partial charge in [-0.2, -0.15) is 0 Å². The number of allylic oxidation sites excluding steroid dienone is 17. The molecule has 0 aliphatic heterocycles. The van der Waals surface area contributed by atoms with Crippen LogP contribution in [0.3, 0.4) is 0 Å². The minimum atomic E-state index is -0.377. The van der Waals surface area contributed by atoms with E-state index in [1.54, 1.807) is 12.1 Å². The number of phenols is 1. The van der Waals surface area contributed by atoms with Crippen molar-refractivity contribution in [3.63, 3.8) is 0 Å². The van der Waals surface area contributed by atoms with Crippen molar-refractivity contribution >= 4 is 5.97 Å². The van der Waals surface area contributed by atoms with Gasteiger partial charge in [0.2, 0.25) is 0 Å². The first-order valence-corrected chi connectivity index (χ1v) is 21.1. The van der Waals surface area contributed by atoms with Crippen molar-refractivity contribution in [2.75, 3.05) is 6.61 Å². The summed E-state index contributed by atoms with van der Waals surface area (Å²) in [4.78, 5) is 12.1. The molecule has 0 fully saturated rings. The second kappa shape index (κ2) is 30.4. The highest BCUT2D eigenvalue weighted by Gasteiger charge is 2.06. The molecule has 1 aromatic carbocycles. The number of hydrogen-bond acceptors (Lipinski definition) is 3. The van der Waals surface area contributed by atoms with E-state index in [1.807, 2.05) is 6.08 Å². The summed E-state index contributed by atoms with van der Waals surface area (Å²) in [5, 5.41) is 9.36. The molecule has 0 saturated carbocycles. The number of aromatic hydroxyl groups is 1. The van der Waals surface area contributed by atoms with E-state index in [0.29, 0.717) is 5.56 Å². The zero-order chi connectivity index (χ0) is 40.8. The van der Waals surface area contributed by atoms with Crippen LogP contribution in [0.5, 0.6) is 5.75 Å². The summed E-state index contributed by atoms with van der Waals surface area (Å²) in [6, 6.07) is 6.11. The van der Waals surface area contributed by atoms with Crippen LogP contribution in [0.2, 0.25) is 0 Å². The number of ether oxygens (including phenoxy) is 1. The Labute approximate surface area is 338 Å². The molecule has 1 aromatic rings. The zero-order valence-corrected chi connectivity index (χ0v) is 36.8. The van der Waals surface area contributed by atoms with E-state index in [-0.39, 0.29) is 18.3 Å². The maximum Gasteiger partial charge on any atom is 0.338 e. The van der Waals surface area contributed by atoms with Gasteiger partial charge in [0.05, 0.1) is 5.56 Å². The van der Waals surface area contributed by atoms with Crippen molar-refractivity contribution in [1.82, 2.24) is 0 Å². The summed E-state index contributed by atoms with van der Waals surface area (Å²) < 4.78 is 5.33. The van der Waals surface area contributed by atoms with Gasteiger partial charge in [0.15, 0.2) is 0 Å². The topological polar surface area (TPSA) is 46.5 Å². The molecular weight excluding hydrogens is 673 g/mol. The van der Waals surface area contributed by atoms with Crippen molar-refractivity contribution in [3.8, 4) is 5.75 Å². The lowest BCUT2D eigenvalue weighted by Gasteiger charge is -2.05. The van der Waals surface area contributed by atoms with Crippen molar-refractivity contribution < 1.29 is 14.6 Å². The molecule has 1 rings (SSSR count). The maximum atomic E-state index is 12.1. The Balaban J connectivity index is 2.22. The molecule has 0 aliphatic carbocycles. The lowest BCUT2D eigenvalue weighted by atomic mass is 10.0. The third-order valence-corrected chi connectivity index (χ3v) is 10.1. The Hall–Kier alpha value is -3.85. The first-order valence-electron chi connectivity index (χ1n) is 21.1. The quantitative estimate of drug-likeness (QED) is 0.0719. The number of rotatable bonds is 27. The summed E-state index contributed by atoms with van der Waals surface area (Å²) in [7, 11) is 0. The number of esters is 1. The minimum Gasteiger partial charge on any atom is -0.508 e. The smallest absolute Gasteiger partial charge is 0.338 e. The van der Waals surface area contributed by atoms with Gasteiger partial charge in [-0.05, 0) is 202 Å². The lowest BCUT2D eigenvalue weighted by Crippen LogP contribution is -2.05. The molecule has 0 aliphatic rings. The van der Waals surface area contributed by atoms with Gasteiger partial charge in [-0.15, -0.1) is 0 Å². The summed E-state index contributed by atoms with van der Waals surface area (Å²) >= 11 is 0. The molecule has 3 heteroatoms. The Morgan fingerprint density at radius 2 is 0.673 bits per heavy atom. The van der Waals surface area contributed by atoms with Gasteiger partial charge in [-0.25, -0.2) is 4.79 Å². The predicted molar refractivity (Wildman–Crippen MR) is 242 cm³/mol. The Kier molecular flexibility index (Phi) is 27.2. The average molecular weight is 751 g/mol. The first-order chi connectivity index (χ1) is 26.2. The van der Waals surface area contributed by atoms with Crippen LogP contribution in [0, 0.1) is 0 Å². The van der Waals surface area contributed by atoms with Gasteiger partial charge in [0, 0.05) is 0 Å². The Morgan fingerprint density at radius 1 is 0.418 bits per heavy atom. The number of carbonyl (C=O) groups excluding carboxylic acids is 1. The fraction of sp³-hybridized carbons (Fsp3) is 0.519. The Bertz CT molecular complexity index is 1540. The third kappa shape index (κ3) is 28.3. The molecule has 0 bridgehead atoms. The highest BCUT2D eigenvalue weighted by Crippen LogP contribution is 2.18. The zero-order valence-electron chi connectivity index (χ0n) is 36.8. The van der Waals surface area contributed by atoms with Gasteiger partial charge in [0.25, 0.3) is 0 Å². The van der Waals surface area contributed by atoms with E-state index in [9.17, 15) is 9.90 Å². The molecule has 0 radical (unpaired) electrons. The summed E-state index contributed by atoms with van der Waals surface area (Å²) in [5.41, 5.74) is 13.5. The molecular formula is C52H78O3. The lowest BCUT2D eigenvalue weighted by molar-refractivity contribution is 0.0549. The molecule has 0 heterocycles. The highest BCUT2D eigenvalue weighted by atomic mass is 16.5. The molecule has 0 saturated heterocycles. The van der Waals surface area contributed by atoms with E-state index in [0.717, 1.165) is 83.5 Å². The van der Waals surface area contributed by atoms with Crippen LogP contribution in [0.1, 0.15) is 182 Å². The number of benzene rings is 1. The minimum absolute atomic E-state index is 0.135. The molecule has 0 spiro atoms. The van der Waals surface area contributed by atoms with E-state index in [1.165, 1.54) is 81.6 Å². The largest absolute Gasteiger partial charge is 0.508 e. The normalized spacial score (nSPS) is 14.1. The van der Waals surface area contributed by atoms with Gasteiger partial charge in [-0.3, -0.25) is 0 Å². The number of hydrogen-bond donors (Lipinski definition) is 1. The summed E-state index contributed by atoms with van der Waals surface area (Å²) in [5.74, 6) is -0.242. The van der Waals surface area contributed by atoms with E-state index >= 15 is 0 Å².